The third-order valence-corrected chi connectivity index (χ3v) is 4.51. The molecular formula is C16H9ClIN3O4. The lowest BCUT2D eigenvalue weighted by Crippen LogP contribution is -2.32. The van der Waals surface area contributed by atoms with Crippen LogP contribution in [-0.2, 0) is 9.59 Å². The summed E-state index contributed by atoms with van der Waals surface area (Å²) in [6.45, 7) is 0. The average Bonchev–Trinajstić information content (AvgIpc) is 2.80. The van der Waals surface area contributed by atoms with Gasteiger partial charge in [-0.05, 0) is 52.9 Å². The van der Waals surface area contributed by atoms with E-state index in [1.54, 1.807) is 12.1 Å². The third kappa shape index (κ3) is 3.35. The van der Waals surface area contributed by atoms with Crippen LogP contribution in [0.5, 0.6) is 0 Å². The lowest BCUT2D eigenvalue weighted by Gasteiger charge is -2.14. The van der Waals surface area contributed by atoms with Gasteiger partial charge in [0.2, 0.25) is 0 Å². The first-order valence-corrected chi connectivity index (χ1v) is 8.40. The van der Waals surface area contributed by atoms with Crippen LogP contribution in [0.4, 0.5) is 17.1 Å². The molecule has 1 aliphatic heterocycles. The number of benzene rings is 2. The van der Waals surface area contributed by atoms with Gasteiger partial charge in [-0.25, -0.2) is 4.90 Å². The number of nitro groups is 1. The molecular weight excluding hydrogens is 461 g/mol. The van der Waals surface area contributed by atoms with Crippen LogP contribution in [0.25, 0.3) is 0 Å². The fraction of sp³-hybridized carbons (Fsp3) is 0. The Balaban J connectivity index is 1.92. The molecule has 0 atom stereocenters. The van der Waals surface area contributed by atoms with Crippen molar-refractivity contribution in [3.05, 3.63) is 72.9 Å². The van der Waals surface area contributed by atoms with Gasteiger partial charge >= 0.3 is 0 Å². The van der Waals surface area contributed by atoms with Gasteiger partial charge in [0, 0.05) is 21.4 Å². The first-order chi connectivity index (χ1) is 11.9. The number of non-ortho nitro benzene ring substituents is 1. The molecule has 9 heteroatoms. The van der Waals surface area contributed by atoms with Crippen LogP contribution in [-0.4, -0.2) is 16.7 Å². The second-order valence-corrected chi connectivity index (χ2v) is 6.67. The molecule has 0 bridgehead atoms. The van der Waals surface area contributed by atoms with Crippen LogP contribution in [0.1, 0.15) is 0 Å². The summed E-state index contributed by atoms with van der Waals surface area (Å²) in [6.07, 6.45) is 0. The lowest BCUT2D eigenvalue weighted by molar-refractivity contribution is -0.384. The van der Waals surface area contributed by atoms with Gasteiger partial charge in [0.25, 0.3) is 17.5 Å². The SMILES string of the molecule is O=C1C(Cl)=C(Nc2ccc(I)cc2)C(=O)N1c1cccc([N+](=O)[O-])c1. The molecule has 2 aromatic rings. The van der Waals surface area contributed by atoms with E-state index in [9.17, 15) is 19.7 Å². The molecule has 0 radical (unpaired) electrons. The molecule has 2 aromatic carbocycles. The largest absolute Gasteiger partial charge is 0.350 e. The standard InChI is InChI=1S/C16H9ClIN3O4/c17-13-14(19-10-6-4-9(18)5-7-10)16(23)20(15(13)22)11-2-1-3-12(8-11)21(24)25/h1-8,19H. The van der Waals surface area contributed by atoms with Gasteiger partial charge in [0.05, 0.1) is 10.6 Å². The normalized spacial score (nSPS) is 14.2. The number of amides is 2. The number of nitrogens with zero attached hydrogens (tertiary/aromatic N) is 2. The molecule has 3 rings (SSSR count). The molecule has 0 fully saturated rings. The number of hydrogen-bond acceptors (Lipinski definition) is 5. The highest BCUT2D eigenvalue weighted by molar-refractivity contribution is 14.1. The highest BCUT2D eigenvalue weighted by atomic mass is 127. The molecule has 0 unspecified atom stereocenters. The zero-order valence-electron chi connectivity index (χ0n) is 12.4. The Morgan fingerprint density at radius 1 is 1.08 bits per heavy atom. The van der Waals surface area contributed by atoms with E-state index in [0.29, 0.717) is 5.69 Å². The monoisotopic (exact) mass is 469 g/mol. The van der Waals surface area contributed by atoms with Crippen molar-refractivity contribution in [2.45, 2.75) is 0 Å². The number of carbonyl (C=O) groups is 2. The lowest BCUT2D eigenvalue weighted by atomic mass is 10.2. The first-order valence-electron chi connectivity index (χ1n) is 6.94. The van der Waals surface area contributed by atoms with Crippen molar-refractivity contribution in [3.63, 3.8) is 0 Å². The van der Waals surface area contributed by atoms with Gasteiger partial charge in [0.15, 0.2) is 0 Å². The molecule has 0 aromatic heterocycles. The van der Waals surface area contributed by atoms with Gasteiger partial charge < -0.3 is 5.32 Å². The number of hydrogen-bond donors (Lipinski definition) is 1. The van der Waals surface area contributed by atoms with Crippen molar-refractivity contribution in [2.24, 2.45) is 0 Å². The highest BCUT2D eigenvalue weighted by Gasteiger charge is 2.39. The summed E-state index contributed by atoms with van der Waals surface area (Å²) >= 11 is 8.16. The van der Waals surface area contributed by atoms with E-state index in [-0.39, 0.29) is 22.1 Å². The number of halogens is 2. The number of carbonyl (C=O) groups excluding carboxylic acids is 2. The molecule has 2 amide bonds. The number of nitro benzene ring substituents is 1. The fourth-order valence-corrected chi connectivity index (χ4v) is 2.84. The van der Waals surface area contributed by atoms with Crippen molar-refractivity contribution in [1.82, 2.24) is 0 Å². The van der Waals surface area contributed by atoms with Crippen LogP contribution < -0.4 is 10.2 Å². The maximum atomic E-state index is 12.6. The van der Waals surface area contributed by atoms with Crippen LogP contribution in [0.3, 0.4) is 0 Å². The predicted molar refractivity (Wildman–Crippen MR) is 101 cm³/mol. The number of imide groups is 1. The van der Waals surface area contributed by atoms with Crippen LogP contribution >= 0.6 is 34.2 Å². The highest BCUT2D eigenvalue weighted by Crippen LogP contribution is 2.31. The smallest absolute Gasteiger partial charge is 0.283 e. The molecule has 126 valence electrons. The van der Waals surface area contributed by atoms with E-state index in [2.05, 4.69) is 27.9 Å². The molecule has 0 spiro atoms. The van der Waals surface area contributed by atoms with Crippen molar-refractivity contribution in [3.8, 4) is 0 Å². The van der Waals surface area contributed by atoms with Crippen molar-refractivity contribution >= 4 is 63.1 Å². The first kappa shape index (κ1) is 17.4. The zero-order chi connectivity index (χ0) is 18.1. The minimum atomic E-state index is -0.736. The number of rotatable bonds is 4. The summed E-state index contributed by atoms with van der Waals surface area (Å²) in [5.74, 6) is -1.41. The van der Waals surface area contributed by atoms with E-state index < -0.39 is 16.7 Å². The Hall–Kier alpha value is -2.46. The molecule has 1 N–H and O–H groups in total. The van der Waals surface area contributed by atoms with Crippen LogP contribution in [0, 0.1) is 13.7 Å². The molecule has 1 aliphatic rings. The minimum absolute atomic E-state index is 0.0700. The minimum Gasteiger partial charge on any atom is -0.350 e. The van der Waals surface area contributed by atoms with Crippen LogP contribution in [0.15, 0.2) is 59.3 Å². The third-order valence-electron chi connectivity index (χ3n) is 3.44. The summed E-state index contributed by atoms with van der Waals surface area (Å²) in [5.41, 5.74) is 0.380. The van der Waals surface area contributed by atoms with E-state index in [4.69, 9.17) is 11.6 Å². The fourth-order valence-electron chi connectivity index (χ4n) is 2.27. The second-order valence-electron chi connectivity index (χ2n) is 5.04. The Morgan fingerprint density at radius 3 is 2.40 bits per heavy atom. The molecule has 25 heavy (non-hydrogen) atoms. The van der Waals surface area contributed by atoms with E-state index in [1.807, 2.05) is 12.1 Å². The van der Waals surface area contributed by atoms with Gasteiger partial charge in [-0.3, -0.25) is 19.7 Å². The molecule has 0 saturated carbocycles. The second kappa shape index (κ2) is 6.81. The van der Waals surface area contributed by atoms with Gasteiger partial charge in [-0.1, -0.05) is 17.7 Å². The zero-order valence-corrected chi connectivity index (χ0v) is 15.3. The van der Waals surface area contributed by atoms with Crippen LogP contribution in [0.2, 0.25) is 0 Å². The summed E-state index contributed by atoms with van der Waals surface area (Å²) in [4.78, 5) is 36.1. The Kier molecular flexibility index (Phi) is 4.73. The number of nitrogens with one attached hydrogen (secondary N) is 1. The maximum Gasteiger partial charge on any atom is 0.283 e. The predicted octanol–water partition coefficient (Wildman–Crippen LogP) is 3.64. The maximum absolute atomic E-state index is 12.6. The summed E-state index contributed by atoms with van der Waals surface area (Å²) in [5, 5.41) is 13.5. The Labute approximate surface area is 160 Å². The quantitative estimate of drug-likeness (QED) is 0.319. The van der Waals surface area contributed by atoms with Crippen molar-refractivity contribution in [2.75, 3.05) is 10.2 Å². The van der Waals surface area contributed by atoms with E-state index >= 15 is 0 Å². The number of anilines is 2. The molecule has 7 nitrogen and oxygen atoms in total. The summed E-state index contributed by atoms with van der Waals surface area (Å²) < 4.78 is 1.01. The average molecular weight is 470 g/mol. The Bertz CT molecular complexity index is 927. The Morgan fingerprint density at radius 2 is 1.76 bits per heavy atom. The van der Waals surface area contributed by atoms with Gasteiger partial charge in [-0.2, -0.15) is 0 Å². The molecule has 0 aliphatic carbocycles. The molecule has 0 saturated heterocycles. The van der Waals surface area contributed by atoms with Gasteiger partial charge in [0.1, 0.15) is 10.7 Å². The molecule has 1 heterocycles. The van der Waals surface area contributed by atoms with E-state index in [0.717, 1.165) is 14.5 Å². The van der Waals surface area contributed by atoms with Crippen molar-refractivity contribution < 1.29 is 14.5 Å². The van der Waals surface area contributed by atoms with Crippen molar-refractivity contribution in [1.29, 1.82) is 0 Å². The van der Waals surface area contributed by atoms with Gasteiger partial charge in [-0.15, -0.1) is 0 Å². The summed E-state index contributed by atoms with van der Waals surface area (Å²) in [6, 6.07) is 12.4. The topological polar surface area (TPSA) is 92.6 Å². The van der Waals surface area contributed by atoms with E-state index in [1.165, 1.54) is 18.2 Å². The summed E-state index contributed by atoms with van der Waals surface area (Å²) in [7, 11) is 0.